The maximum absolute atomic E-state index is 11.0. The molecule has 0 bridgehead atoms. The van der Waals surface area contributed by atoms with E-state index < -0.39 is 0 Å². The average Bonchev–Trinajstić information content (AvgIpc) is 2.03. The first-order valence-corrected chi connectivity index (χ1v) is 3.97. The quantitative estimate of drug-likeness (QED) is 0.536. The van der Waals surface area contributed by atoms with E-state index in [0.29, 0.717) is 0 Å². The van der Waals surface area contributed by atoms with Crippen LogP contribution in [0, 0.1) is 0 Å². The van der Waals surface area contributed by atoms with Crippen LogP contribution in [0.25, 0.3) is 0 Å². The Morgan fingerprint density at radius 2 is 2.27 bits per heavy atom. The molecular weight excluding hydrogens is 144 g/mol. The Labute approximate surface area is 66.7 Å². The van der Waals surface area contributed by atoms with Crippen LogP contribution in [0.3, 0.4) is 0 Å². The van der Waals surface area contributed by atoms with E-state index in [4.69, 9.17) is 4.74 Å². The van der Waals surface area contributed by atoms with Gasteiger partial charge in [0.25, 0.3) is 0 Å². The molecule has 0 radical (unpaired) electrons. The van der Waals surface area contributed by atoms with Crippen LogP contribution >= 0.6 is 0 Å². The van der Waals surface area contributed by atoms with Crippen molar-refractivity contribution in [2.75, 3.05) is 7.11 Å². The van der Waals surface area contributed by atoms with E-state index in [0.717, 1.165) is 19.3 Å². The normalized spacial score (nSPS) is 31.5. The summed E-state index contributed by atoms with van der Waals surface area (Å²) in [6.45, 7) is 1.98. The van der Waals surface area contributed by atoms with E-state index in [1.54, 1.807) is 0 Å². The van der Waals surface area contributed by atoms with Gasteiger partial charge in [0.2, 0.25) is 0 Å². The van der Waals surface area contributed by atoms with Crippen LogP contribution in [-0.4, -0.2) is 25.3 Å². The molecule has 1 heterocycles. The second kappa shape index (κ2) is 3.72. The van der Waals surface area contributed by atoms with E-state index in [-0.39, 0.29) is 18.2 Å². The largest absolute Gasteiger partial charge is 0.467 e. The number of rotatable bonds is 1. The molecule has 0 aromatic carbocycles. The van der Waals surface area contributed by atoms with Gasteiger partial charge in [0.15, 0.2) is 6.10 Å². The van der Waals surface area contributed by atoms with Gasteiger partial charge in [0.05, 0.1) is 13.2 Å². The predicted molar refractivity (Wildman–Crippen MR) is 40.2 cm³/mol. The smallest absolute Gasteiger partial charge is 0.334 e. The summed E-state index contributed by atoms with van der Waals surface area (Å²) in [5.41, 5.74) is 0. The molecule has 0 aromatic heterocycles. The second-order valence-corrected chi connectivity index (χ2v) is 2.89. The molecule has 11 heavy (non-hydrogen) atoms. The Morgan fingerprint density at radius 1 is 1.55 bits per heavy atom. The van der Waals surface area contributed by atoms with Gasteiger partial charge in [-0.3, -0.25) is 0 Å². The minimum Gasteiger partial charge on any atom is -0.467 e. The van der Waals surface area contributed by atoms with Gasteiger partial charge in [0, 0.05) is 0 Å². The molecule has 64 valence electrons. The summed E-state index contributed by atoms with van der Waals surface area (Å²) in [6, 6.07) is 0. The van der Waals surface area contributed by atoms with Gasteiger partial charge in [-0.1, -0.05) is 0 Å². The summed E-state index contributed by atoms with van der Waals surface area (Å²) in [5, 5.41) is 0. The standard InChI is InChI=1S/C8H14O3/c1-6-4-3-5-7(11-6)8(9)10-2/h6-7H,3-5H2,1-2H3/t6-,7-/m0/s1. The highest BCUT2D eigenvalue weighted by Gasteiger charge is 2.25. The molecule has 1 fully saturated rings. The molecule has 2 atom stereocenters. The lowest BCUT2D eigenvalue weighted by Crippen LogP contribution is -2.33. The lowest BCUT2D eigenvalue weighted by atomic mass is 10.1. The van der Waals surface area contributed by atoms with Gasteiger partial charge in [-0.25, -0.2) is 4.79 Å². The fraction of sp³-hybridized carbons (Fsp3) is 0.875. The number of carbonyl (C=O) groups is 1. The Bertz CT molecular complexity index is 144. The number of hydrogen-bond acceptors (Lipinski definition) is 3. The second-order valence-electron chi connectivity index (χ2n) is 2.89. The summed E-state index contributed by atoms with van der Waals surface area (Å²) in [5.74, 6) is -0.239. The van der Waals surface area contributed by atoms with Crippen LogP contribution in [0.1, 0.15) is 26.2 Å². The Balaban J connectivity index is 2.39. The molecule has 0 unspecified atom stereocenters. The molecule has 3 heteroatoms. The van der Waals surface area contributed by atoms with Crippen LogP contribution in [0.4, 0.5) is 0 Å². The van der Waals surface area contributed by atoms with Gasteiger partial charge in [-0.05, 0) is 26.2 Å². The van der Waals surface area contributed by atoms with E-state index in [1.807, 2.05) is 6.92 Å². The molecule has 0 amide bonds. The molecule has 1 saturated heterocycles. The summed E-state index contributed by atoms with van der Waals surface area (Å²) in [4.78, 5) is 11.0. The van der Waals surface area contributed by atoms with E-state index in [9.17, 15) is 4.79 Å². The third-order valence-electron chi connectivity index (χ3n) is 1.94. The summed E-state index contributed by atoms with van der Waals surface area (Å²) < 4.78 is 9.94. The van der Waals surface area contributed by atoms with Crippen molar-refractivity contribution in [2.24, 2.45) is 0 Å². The Hall–Kier alpha value is -0.570. The zero-order valence-electron chi connectivity index (χ0n) is 7.00. The maximum atomic E-state index is 11.0. The van der Waals surface area contributed by atoms with Gasteiger partial charge >= 0.3 is 5.97 Å². The SMILES string of the molecule is COC(=O)[C@@H]1CCC[C@H](C)O1. The summed E-state index contributed by atoms with van der Waals surface area (Å²) in [6.07, 6.45) is 2.79. The van der Waals surface area contributed by atoms with Crippen LogP contribution in [0.5, 0.6) is 0 Å². The van der Waals surface area contributed by atoms with E-state index >= 15 is 0 Å². The molecule has 0 N–H and O–H groups in total. The van der Waals surface area contributed by atoms with Crippen molar-refractivity contribution in [2.45, 2.75) is 38.4 Å². The number of esters is 1. The van der Waals surface area contributed by atoms with Crippen LogP contribution < -0.4 is 0 Å². The molecule has 0 aliphatic carbocycles. The lowest BCUT2D eigenvalue weighted by Gasteiger charge is -2.25. The molecular formula is C8H14O3. The summed E-state index contributed by atoms with van der Waals surface area (Å²) in [7, 11) is 1.39. The molecule has 1 rings (SSSR count). The van der Waals surface area contributed by atoms with Crippen molar-refractivity contribution in [1.82, 2.24) is 0 Å². The molecule has 0 aromatic rings. The van der Waals surface area contributed by atoms with Crippen molar-refractivity contribution in [3.8, 4) is 0 Å². The van der Waals surface area contributed by atoms with Crippen LogP contribution in [0.15, 0.2) is 0 Å². The fourth-order valence-corrected chi connectivity index (χ4v) is 1.31. The number of ether oxygens (including phenoxy) is 2. The van der Waals surface area contributed by atoms with Gasteiger partial charge in [-0.15, -0.1) is 0 Å². The topological polar surface area (TPSA) is 35.5 Å². The van der Waals surface area contributed by atoms with Crippen molar-refractivity contribution in [1.29, 1.82) is 0 Å². The molecule has 1 aliphatic rings. The molecule has 3 nitrogen and oxygen atoms in total. The van der Waals surface area contributed by atoms with Crippen molar-refractivity contribution in [3.63, 3.8) is 0 Å². The third kappa shape index (κ3) is 2.19. The minimum absolute atomic E-state index is 0.202. The Kier molecular flexibility index (Phi) is 2.88. The van der Waals surface area contributed by atoms with Crippen LogP contribution in [-0.2, 0) is 14.3 Å². The minimum atomic E-state index is -0.316. The third-order valence-corrected chi connectivity index (χ3v) is 1.94. The van der Waals surface area contributed by atoms with E-state index in [1.165, 1.54) is 7.11 Å². The molecule has 0 saturated carbocycles. The monoisotopic (exact) mass is 158 g/mol. The first-order valence-electron chi connectivity index (χ1n) is 3.97. The highest BCUT2D eigenvalue weighted by Crippen LogP contribution is 2.18. The Morgan fingerprint density at radius 3 is 2.82 bits per heavy atom. The van der Waals surface area contributed by atoms with E-state index in [2.05, 4.69) is 4.74 Å². The van der Waals surface area contributed by atoms with Crippen molar-refractivity contribution >= 4 is 5.97 Å². The average molecular weight is 158 g/mol. The van der Waals surface area contributed by atoms with Gasteiger partial charge in [-0.2, -0.15) is 0 Å². The van der Waals surface area contributed by atoms with Crippen molar-refractivity contribution < 1.29 is 14.3 Å². The van der Waals surface area contributed by atoms with Gasteiger partial charge in [0.1, 0.15) is 0 Å². The maximum Gasteiger partial charge on any atom is 0.334 e. The van der Waals surface area contributed by atoms with Crippen molar-refractivity contribution in [3.05, 3.63) is 0 Å². The lowest BCUT2D eigenvalue weighted by molar-refractivity contribution is -0.161. The predicted octanol–water partition coefficient (Wildman–Crippen LogP) is 1.12. The number of carbonyl (C=O) groups excluding carboxylic acids is 1. The molecule has 1 aliphatic heterocycles. The fourth-order valence-electron chi connectivity index (χ4n) is 1.31. The highest BCUT2D eigenvalue weighted by molar-refractivity contribution is 5.74. The molecule has 0 spiro atoms. The number of methoxy groups -OCH3 is 1. The zero-order valence-corrected chi connectivity index (χ0v) is 7.00. The highest BCUT2D eigenvalue weighted by atomic mass is 16.6. The number of hydrogen-bond donors (Lipinski definition) is 0. The first kappa shape index (κ1) is 8.53. The van der Waals surface area contributed by atoms with Gasteiger partial charge < -0.3 is 9.47 Å². The first-order chi connectivity index (χ1) is 5.24. The zero-order chi connectivity index (χ0) is 8.27. The summed E-state index contributed by atoms with van der Waals surface area (Å²) >= 11 is 0. The van der Waals surface area contributed by atoms with Crippen LogP contribution in [0.2, 0.25) is 0 Å².